The van der Waals surface area contributed by atoms with Crippen molar-refractivity contribution in [3.8, 4) is 11.5 Å². The topological polar surface area (TPSA) is 71.2 Å². The summed E-state index contributed by atoms with van der Waals surface area (Å²) in [5, 5.41) is 2.73. The Hall–Kier alpha value is -3.12. The van der Waals surface area contributed by atoms with Crippen LogP contribution in [0.4, 0.5) is 10.1 Å². The van der Waals surface area contributed by atoms with Crippen LogP contribution in [0.1, 0.15) is 15.9 Å². The summed E-state index contributed by atoms with van der Waals surface area (Å²) in [5.41, 5.74) is 1.13. The van der Waals surface area contributed by atoms with E-state index in [9.17, 15) is 14.0 Å². The number of carbonyl (C=O) groups excluding carboxylic acids is 1. The number of nitrogens with one attached hydrogen (secondary N) is 2. The number of aryl methyl sites for hydroxylation is 1. The number of hydrogen-bond donors (Lipinski definition) is 2. The molecule has 3 aromatic rings. The van der Waals surface area contributed by atoms with E-state index in [2.05, 4.69) is 10.3 Å². The van der Waals surface area contributed by atoms with Gasteiger partial charge in [-0.3, -0.25) is 9.59 Å². The normalized spacial score (nSPS) is 10.4. The van der Waals surface area contributed by atoms with Crippen molar-refractivity contribution in [3.63, 3.8) is 0 Å². The molecular formula is C19H14ClFN2O3. The average Bonchev–Trinajstić information content (AvgIpc) is 2.57. The summed E-state index contributed by atoms with van der Waals surface area (Å²) < 4.78 is 18.9. The molecule has 7 heteroatoms. The van der Waals surface area contributed by atoms with Crippen LogP contribution in [0.15, 0.2) is 59.5 Å². The molecule has 2 N–H and O–H groups in total. The Balaban J connectivity index is 1.92. The van der Waals surface area contributed by atoms with Crippen molar-refractivity contribution in [2.75, 3.05) is 5.32 Å². The molecule has 0 atom stereocenters. The number of halogens is 2. The minimum Gasteiger partial charge on any atom is -0.455 e. The van der Waals surface area contributed by atoms with E-state index in [0.29, 0.717) is 5.69 Å². The fourth-order valence-corrected chi connectivity index (χ4v) is 2.50. The van der Waals surface area contributed by atoms with Crippen LogP contribution in [-0.2, 0) is 0 Å². The van der Waals surface area contributed by atoms with Crippen LogP contribution < -0.4 is 15.6 Å². The van der Waals surface area contributed by atoms with Crippen LogP contribution in [0.25, 0.3) is 0 Å². The first-order valence-electron chi connectivity index (χ1n) is 7.66. The van der Waals surface area contributed by atoms with E-state index in [1.807, 2.05) is 6.92 Å². The van der Waals surface area contributed by atoms with Crippen LogP contribution in [0.5, 0.6) is 11.5 Å². The molecular weight excluding hydrogens is 359 g/mol. The van der Waals surface area contributed by atoms with Crippen molar-refractivity contribution in [3.05, 3.63) is 87.0 Å². The molecule has 1 heterocycles. The Kier molecular flexibility index (Phi) is 5.04. The maximum absolute atomic E-state index is 13.2. The predicted molar refractivity (Wildman–Crippen MR) is 97.7 cm³/mol. The SMILES string of the molecule is Cc1ccc(C(=O)Nc2cc[nH]c(=O)c2)c(Oc2ccc(F)cc2Cl)c1. The molecule has 1 amide bonds. The fraction of sp³-hybridized carbons (Fsp3) is 0.0526. The number of amides is 1. The average molecular weight is 373 g/mol. The number of benzene rings is 2. The van der Waals surface area contributed by atoms with Crippen molar-refractivity contribution in [2.45, 2.75) is 6.92 Å². The molecule has 1 aromatic heterocycles. The van der Waals surface area contributed by atoms with Gasteiger partial charge in [-0.2, -0.15) is 0 Å². The second kappa shape index (κ2) is 7.41. The van der Waals surface area contributed by atoms with Gasteiger partial charge in [0.25, 0.3) is 5.91 Å². The largest absolute Gasteiger partial charge is 0.455 e. The summed E-state index contributed by atoms with van der Waals surface area (Å²) in [7, 11) is 0. The monoisotopic (exact) mass is 372 g/mol. The summed E-state index contributed by atoms with van der Waals surface area (Å²) in [6.07, 6.45) is 1.43. The zero-order chi connectivity index (χ0) is 18.7. The molecule has 132 valence electrons. The van der Waals surface area contributed by atoms with E-state index < -0.39 is 11.7 Å². The highest BCUT2D eigenvalue weighted by molar-refractivity contribution is 6.32. The summed E-state index contributed by atoms with van der Waals surface area (Å²) in [6, 6.07) is 11.6. The highest BCUT2D eigenvalue weighted by Gasteiger charge is 2.15. The van der Waals surface area contributed by atoms with Crippen molar-refractivity contribution >= 4 is 23.2 Å². The molecule has 0 spiro atoms. The summed E-state index contributed by atoms with van der Waals surface area (Å²) in [5.74, 6) is -0.451. The zero-order valence-corrected chi connectivity index (χ0v) is 14.4. The predicted octanol–water partition coefficient (Wildman–Crippen LogP) is 4.52. The lowest BCUT2D eigenvalue weighted by molar-refractivity contribution is 0.102. The first kappa shape index (κ1) is 17.7. The molecule has 3 rings (SSSR count). The number of aromatic nitrogens is 1. The molecule has 0 aliphatic heterocycles. The lowest BCUT2D eigenvalue weighted by Crippen LogP contribution is -2.15. The summed E-state index contributed by atoms with van der Waals surface area (Å²) in [4.78, 5) is 26.4. The Bertz CT molecular complexity index is 1030. The smallest absolute Gasteiger partial charge is 0.259 e. The molecule has 0 saturated carbocycles. The summed E-state index contributed by atoms with van der Waals surface area (Å²) in [6.45, 7) is 1.84. The van der Waals surface area contributed by atoms with Crippen LogP contribution in [0.3, 0.4) is 0 Å². The number of aromatic amines is 1. The maximum atomic E-state index is 13.2. The number of pyridine rings is 1. The van der Waals surface area contributed by atoms with Gasteiger partial charge in [-0.15, -0.1) is 0 Å². The minimum absolute atomic E-state index is 0.0902. The number of H-pyrrole nitrogens is 1. The molecule has 0 aliphatic rings. The van der Waals surface area contributed by atoms with E-state index in [-0.39, 0.29) is 27.6 Å². The van der Waals surface area contributed by atoms with E-state index >= 15 is 0 Å². The van der Waals surface area contributed by atoms with Gasteiger partial charge in [-0.25, -0.2) is 4.39 Å². The van der Waals surface area contributed by atoms with Gasteiger partial charge in [0.05, 0.1) is 10.6 Å². The number of ether oxygens (including phenoxy) is 1. The Morgan fingerprint density at radius 3 is 2.65 bits per heavy atom. The van der Waals surface area contributed by atoms with Crippen molar-refractivity contribution in [2.24, 2.45) is 0 Å². The Morgan fingerprint density at radius 2 is 1.92 bits per heavy atom. The van der Waals surface area contributed by atoms with Crippen LogP contribution in [0, 0.1) is 12.7 Å². The van der Waals surface area contributed by atoms with Gasteiger partial charge in [0, 0.05) is 18.0 Å². The molecule has 0 saturated heterocycles. The second-order valence-corrected chi connectivity index (χ2v) is 5.98. The van der Waals surface area contributed by atoms with Gasteiger partial charge >= 0.3 is 0 Å². The maximum Gasteiger partial charge on any atom is 0.259 e. The van der Waals surface area contributed by atoms with E-state index in [1.165, 1.54) is 24.4 Å². The standard InChI is InChI=1S/C19H14ClFN2O3/c1-11-2-4-14(19(25)23-13-6-7-22-18(24)10-13)17(8-11)26-16-5-3-12(21)9-15(16)20/h2-10H,1H3,(H2,22,23,24,25). The quantitative estimate of drug-likeness (QED) is 0.707. The van der Waals surface area contributed by atoms with Crippen molar-refractivity contribution < 1.29 is 13.9 Å². The lowest BCUT2D eigenvalue weighted by atomic mass is 10.1. The highest BCUT2D eigenvalue weighted by atomic mass is 35.5. The third-order valence-corrected chi connectivity index (χ3v) is 3.82. The molecule has 0 radical (unpaired) electrons. The molecule has 0 bridgehead atoms. The fourth-order valence-electron chi connectivity index (χ4n) is 2.30. The number of anilines is 1. The van der Waals surface area contributed by atoms with Gasteiger partial charge in [-0.1, -0.05) is 17.7 Å². The third kappa shape index (κ3) is 4.10. The van der Waals surface area contributed by atoms with Crippen LogP contribution in [-0.4, -0.2) is 10.9 Å². The molecule has 5 nitrogen and oxygen atoms in total. The van der Waals surface area contributed by atoms with E-state index in [4.69, 9.17) is 16.3 Å². The molecule has 26 heavy (non-hydrogen) atoms. The Labute approximate surface area is 153 Å². The van der Waals surface area contributed by atoms with Gasteiger partial charge in [0.1, 0.15) is 17.3 Å². The highest BCUT2D eigenvalue weighted by Crippen LogP contribution is 2.32. The first-order chi connectivity index (χ1) is 12.4. The Morgan fingerprint density at radius 1 is 1.12 bits per heavy atom. The number of hydrogen-bond acceptors (Lipinski definition) is 3. The van der Waals surface area contributed by atoms with Gasteiger partial charge < -0.3 is 15.0 Å². The third-order valence-electron chi connectivity index (χ3n) is 3.53. The lowest BCUT2D eigenvalue weighted by Gasteiger charge is -2.13. The minimum atomic E-state index is -0.487. The number of rotatable bonds is 4. The number of carbonyl (C=O) groups is 1. The summed E-state index contributed by atoms with van der Waals surface area (Å²) >= 11 is 5.99. The van der Waals surface area contributed by atoms with E-state index in [0.717, 1.165) is 11.6 Å². The van der Waals surface area contributed by atoms with Gasteiger partial charge in [0.2, 0.25) is 5.56 Å². The molecule has 0 unspecified atom stereocenters. The van der Waals surface area contributed by atoms with Gasteiger partial charge in [-0.05, 0) is 48.9 Å². The van der Waals surface area contributed by atoms with Crippen LogP contribution >= 0.6 is 11.6 Å². The van der Waals surface area contributed by atoms with Crippen molar-refractivity contribution in [1.82, 2.24) is 4.98 Å². The van der Waals surface area contributed by atoms with Gasteiger partial charge in [0.15, 0.2) is 0 Å². The van der Waals surface area contributed by atoms with Crippen LogP contribution in [0.2, 0.25) is 5.02 Å². The zero-order valence-electron chi connectivity index (χ0n) is 13.7. The first-order valence-corrected chi connectivity index (χ1v) is 8.04. The molecule has 2 aromatic carbocycles. The second-order valence-electron chi connectivity index (χ2n) is 5.57. The van der Waals surface area contributed by atoms with Crippen molar-refractivity contribution in [1.29, 1.82) is 0 Å². The van der Waals surface area contributed by atoms with E-state index in [1.54, 1.807) is 24.3 Å². The molecule has 0 aliphatic carbocycles. The molecule has 0 fully saturated rings.